The first-order valence-corrected chi connectivity index (χ1v) is 4.76. The lowest BCUT2D eigenvalue weighted by Crippen LogP contribution is -2.44. The fourth-order valence-electron chi connectivity index (χ4n) is 1.19. The van der Waals surface area contributed by atoms with Crippen LogP contribution in [0.5, 0.6) is 5.75 Å². The number of anilines is 1. The lowest BCUT2D eigenvalue weighted by Gasteiger charge is -2.30. The molecule has 0 saturated heterocycles. The molecule has 1 aliphatic heterocycles. The van der Waals surface area contributed by atoms with Crippen molar-refractivity contribution in [1.82, 2.24) is 0 Å². The van der Waals surface area contributed by atoms with Crippen LogP contribution in [0, 0.1) is 0 Å². The van der Waals surface area contributed by atoms with Gasteiger partial charge in [0.05, 0.1) is 5.56 Å². The van der Waals surface area contributed by atoms with Crippen molar-refractivity contribution in [3.05, 3.63) is 22.2 Å². The Bertz CT molecular complexity index is 452. The van der Waals surface area contributed by atoms with Gasteiger partial charge in [-0.1, -0.05) is 0 Å². The van der Waals surface area contributed by atoms with Crippen LogP contribution in [0.25, 0.3) is 0 Å². The van der Waals surface area contributed by atoms with E-state index in [2.05, 4.69) is 25.7 Å². The third kappa shape index (κ3) is 1.44. The maximum Gasteiger partial charge on any atom is 0.459 e. The second-order valence-corrected chi connectivity index (χ2v) is 3.98. The molecule has 0 bridgehead atoms. The van der Waals surface area contributed by atoms with Crippen molar-refractivity contribution >= 4 is 21.6 Å². The van der Waals surface area contributed by atoms with Gasteiger partial charge in [0, 0.05) is 16.2 Å². The fourth-order valence-corrected chi connectivity index (χ4v) is 1.53. The molecular formula is C8H4BrF4NO2. The van der Waals surface area contributed by atoms with Crippen LogP contribution in [0.4, 0.5) is 23.2 Å². The summed E-state index contributed by atoms with van der Waals surface area (Å²) >= 11 is 2.86. The zero-order valence-electron chi connectivity index (χ0n) is 7.44. The summed E-state index contributed by atoms with van der Waals surface area (Å²) in [7, 11) is 0. The van der Waals surface area contributed by atoms with Crippen LogP contribution in [-0.4, -0.2) is 6.11 Å². The number of hydrogen-bond donors (Lipinski definition) is 1. The van der Waals surface area contributed by atoms with E-state index < -0.39 is 23.3 Å². The number of benzene rings is 1. The minimum atomic E-state index is -4.71. The summed E-state index contributed by atoms with van der Waals surface area (Å²) in [5, 5.41) is 0. The van der Waals surface area contributed by atoms with Gasteiger partial charge in [0.1, 0.15) is 0 Å². The van der Waals surface area contributed by atoms with Crippen LogP contribution in [0.15, 0.2) is 16.6 Å². The molecule has 0 atom stereocenters. The molecule has 0 fully saturated rings. The standard InChI is InChI=1S/C8H4BrF4NO2/c9-4-1-3-6(2-5(4)14)15-16-8(12,13)7(3,10)11/h1-2H,14H2. The molecule has 88 valence electrons. The molecule has 3 nitrogen and oxygen atoms in total. The summed E-state index contributed by atoms with van der Waals surface area (Å²) in [5.74, 6) is -5.01. The van der Waals surface area contributed by atoms with Crippen LogP contribution >= 0.6 is 15.9 Å². The van der Waals surface area contributed by atoms with E-state index in [4.69, 9.17) is 5.73 Å². The molecule has 0 radical (unpaired) electrons. The van der Waals surface area contributed by atoms with Crippen molar-refractivity contribution in [2.45, 2.75) is 12.0 Å². The topological polar surface area (TPSA) is 44.5 Å². The Kier molecular flexibility index (Phi) is 2.32. The van der Waals surface area contributed by atoms with Crippen molar-refractivity contribution in [1.29, 1.82) is 0 Å². The third-order valence-electron chi connectivity index (χ3n) is 2.04. The van der Waals surface area contributed by atoms with E-state index in [0.717, 1.165) is 12.1 Å². The highest BCUT2D eigenvalue weighted by Crippen LogP contribution is 2.51. The molecule has 0 amide bonds. The van der Waals surface area contributed by atoms with E-state index in [1.807, 2.05) is 0 Å². The molecule has 0 aromatic heterocycles. The molecule has 1 aromatic rings. The molecule has 2 rings (SSSR count). The molecule has 0 saturated carbocycles. The van der Waals surface area contributed by atoms with Crippen molar-refractivity contribution in [3.8, 4) is 5.75 Å². The van der Waals surface area contributed by atoms with E-state index in [1.54, 1.807) is 0 Å². The number of hydrogen-bond acceptors (Lipinski definition) is 3. The monoisotopic (exact) mass is 301 g/mol. The van der Waals surface area contributed by atoms with Gasteiger partial charge in [0.2, 0.25) is 0 Å². The number of halogens is 5. The van der Waals surface area contributed by atoms with Crippen molar-refractivity contribution in [3.63, 3.8) is 0 Å². The molecular weight excluding hydrogens is 298 g/mol. The first kappa shape index (κ1) is 11.5. The second kappa shape index (κ2) is 3.24. The number of alkyl halides is 4. The largest absolute Gasteiger partial charge is 0.459 e. The average Bonchev–Trinajstić information content (AvgIpc) is 2.17. The number of rotatable bonds is 0. The molecule has 16 heavy (non-hydrogen) atoms. The van der Waals surface area contributed by atoms with Crippen LogP contribution in [-0.2, 0) is 10.8 Å². The van der Waals surface area contributed by atoms with Gasteiger partial charge >= 0.3 is 12.0 Å². The van der Waals surface area contributed by atoms with Crippen LogP contribution in [0.3, 0.4) is 0 Å². The fraction of sp³-hybridized carbons (Fsp3) is 0.250. The Morgan fingerprint density at radius 2 is 1.81 bits per heavy atom. The predicted molar refractivity (Wildman–Crippen MR) is 49.1 cm³/mol. The highest BCUT2D eigenvalue weighted by atomic mass is 79.9. The maximum atomic E-state index is 13.3. The van der Waals surface area contributed by atoms with Gasteiger partial charge in [-0.05, 0) is 22.0 Å². The Hall–Kier alpha value is -1.02. The van der Waals surface area contributed by atoms with Crippen LogP contribution in [0.1, 0.15) is 5.56 Å². The third-order valence-corrected chi connectivity index (χ3v) is 2.73. The molecule has 0 spiro atoms. The molecule has 8 heteroatoms. The summed E-state index contributed by atoms with van der Waals surface area (Å²) in [6, 6.07) is 1.75. The highest BCUT2D eigenvalue weighted by molar-refractivity contribution is 9.10. The molecule has 0 unspecified atom stereocenters. The lowest BCUT2D eigenvalue weighted by molar-refractivity contribution is -0.466. The molecule has 2 N–H and O–H groups in total. The average molecular weight is 302 g/mol. The van der Waals surface area contributed by atoms with Gasteiger partial charge < -0.3 is 10.6 Å². The normalized spacial score (nSPS) is 21.1. The van der Waals surface area contributed by atoms with Gasteiger partial charge in [-0.15, -0.1) is 4.89 Å². The Balaban J connectivity index is 2.63. The summed E-state index contributed by atoms with van der Waals surface area (Å²) in [6.45, 7) is 0. The maximum absolute atomic E-state index is 13.3. The highest BCUT2D eigenvalue weighted by Gasteiger charge is 2.64. The van der Waals surface area contributed by atoms with E-state index in [9.17, 15) is 17.6 Å². The second-order valence-electron chi connectivity index (χ2n) is 3.13. The van der Waals surface area contributed by atoms with E-state index in [0.29, 0.717) is 0 Å². The smallest absolute Gasteiger partial charge is 0.398 e. The zero-order chi connectivity index (χ0) is 12.1. The first-order chi connectivity index (χ1) is 7.25. The molecule has 1 heterocycles. The van der Waals surface area contributed by atoms with Gasteiger partial charge in [-0.3, -0.25) is 0 Å². The summed E-state index contributed by atoms with van der Waals surface area (Å²) in [4.78, 5) is 7.43. The van der Waals surface area contributed by atoms with Crippen LogP contribution < -0.4 is 10.6 Å². The Morgan fingerprint density at radius 1 is 1.19 bits per heavy atom. The van der Waals surface area contributed by atoms with Crippen LogP contribution in [0.2, 0.25) is 0 Å². The Morgan fingerprint density at radius 3 is 2.44 bits per heavy atom. The van der Waals surface area contributed by atoms with Gasteiger partial charge in [-0.25, -0.2) is 0 Å². The minimum Gasteiger partial charge on any atom is -0.398 e. The van der Waals surface area contributed by atoms with E-state index >= 15 is 0 Å². The van der Waals surface area contributed by atoms with Crippen molar-refractivity contribution in [2.75, 3.05) is 5.73 Å². The van der Waals surface area contributed by atoms with E-state index in [1.165, 1.54) is 0 Å². The number of nitrogens with two attached hydrogens (primary N) is 1. The Labute approximate surface area is 95.2 Å². The number of nitrogen functional groups attached to an aromatic ring is 1. The summed E-state index contributed by atoms with van der Waals surface area (Å²) in [6.07, 6.45) is -4.71. The SMILES string of the molecule is Nc1cc2c(cc1Br)C(F)(F)C(F)(F)OO2. The van der Waals surface area contributed by atoms with Gasteiger partial charge in [0.25, 0.3) is 0 Å². The minimum absolute atomic E-state index is 0.0726. The summed E-state index contributed by atoms with van der Waals surface area (Å²) in [5.41, 5.74) is 4.48. The lowest BCUT2D eigenvalue weighted by atomic mass is 10.1. The van der Waals surface area contributed by atoms with Gasteiger partial charge in [0.15, 0.2) is 5.75 Å². The van der Waals surface area contributed by atoms with Gasteiger partial charge in [-0.2, -0.15) is 17.6 Å². The van der Waals surface area contributed by atoms with E-state index in [-0.39, 0.29) is 10.2 Å². The number of fused-ring (bicyclic) bond motifs is 1. The predicted octanol–water partition coefficient (Wildman–Crippen LogP) is 3.04. The first-order valence-electron chi connectivity index (χ1n) is 3.96. The van der Waals surface area contributed by atoms with Crippen molar-refractivity contribution in [2.24, 2.45) is 0 Å². The molecule has 1 aliphatic rings. The van der Waals surface area contributed by atoms with Crippen molar-refractivity contribution < 1.29 is 27.3 Å². The quantitative estimate of drug-likeness (QED) is 0.455. The molecule has 1 aromatic carbocycles. The molecule has 0 aliphatic carbocycles. The summed E-state index contributed by atoms with van der Waals surface area (Å²) < 4.78 is 52.1. The zero-order valence-corrected chi connectivity index (χ0v) is 9.02.